The lowest BCUT2D eigenvalue weighted by molar-refractivity contribution is -0.504. The molecule has 2 heteroatoms. The van der Waals surface area contributed by atoms with Crippen LogP contribution in [-0.4, -0.2) is 25.5 Å². The zero-order valence-corrected chi connectivity index (χ0v) is 9.16. The molecule has 0 aliphatic carbocycles. The van der Waals surface area contributed by atoms with Gasteiger partial charge in [0.1, 0.15) is 5.69 Å². The molecule has 0 heterocycles. The molecule has 0 radical (unpaired) electrons. The van der Waals surface area contributed by atoms with Crippen LogP contribution in [0.15, 0.2) is 24.3 Å². The van der Waals surface area contributed by atoms with Gasteiger partial charge in [0.15, 0.2) is 0 Å². The first kappa shape index (κ1) is 11.2. The first-order chi connectivity index (χ1) is 6.72. The summed E-state index contributed by atoms with van der Waals surface area (Å²) in [6.45, 7) is 1.16. The van der Waals surface area contributed by atoms with E-state index in [0.29, 0.717) is 0 Å². The van der Waals surface area contributed by atoms with Crippen molar-refractivity contribution in [1.82, 2.24) is 4.90 Å². The molecule has 0 spiro atoms. The van der Waals surface area contributed by atoms with Gasteiger partial charge in [0, 0.05) is 0 Å². The second kappa shape index (κ2) is 5.78. The van der Waals surface area contributed by atoms with Crippen LogP contribution < -0.4 is 5.32 Å². The van der Waals surface area contributed by atoms with Crippen molar-refractivity contribution in [1.29, 1.82) is 0 Å². The van der Waals surface area contributed by atoms with Gasteiger partial charge >= 0.3 is 0 Å². The van der Waals surface area contributed by atoms with Crippen molar-refractivity contribution < 1.29 is 5.32 Å². The van der Waals surface area contributed by atoms with Crippen LogP contribution in [0, 0.1) is 7.05 Å². The molecule has 2 nitrogen and oxygen atoms in total. The lowest BCUT2D eigenvalue weighted by Gasteiger charge is -2.09. The summed E-state index contributed by atoms with van der Waals surface area (Å²) in [6.07, 6.45) is 2.38. The zero-order valence-electron chi connectivity index (χ0n) is 9.16. The van der Waals surface area contributed by atoms with Crippen LogP contribution in [0.5, 0.6) is 0 Å². The summed E-state index contributed by atoms with van der Waals surface area (Å²) < 4.78 is 0. The van der Waals surface area contributed by atoms with Gasteiger partial charge in [0.05, 0.1) is 0 Å². The van der Waals surface area contributed by atoms with Crippen molar-refractivity contribution in [3.8, 4) is 0 Å². The Morgan fingerprint density at radius 1 is 1.21 bits per heavy atom. The Hall–Kier alpha value is -0.860. The quantitative estimate of drug-likeness (QED) is 0.548. The Labute approximate surface area is 86.9 Å². The number of hydrogen-bond donors (Lipinski definition) is 1. The number of rotatable bonds is 5. The number of nitrogens with two attached hydrogens (primary N) is 1. The van der Waals surface area contributed by atoms with Gasteiger partial charge < -0.3 is 10.2 Å². The van der Waals surface area contributed by atoms with Gasteiger partial charge in [-0.2, -0.15) is 0 Å². The van der Waals surface area contributed by atoms with E-state index in [0.717, 1.165) is 13.0 Å². The lowest BCUT2D eigenvalue weighted by atomic mass is 10.1. The standard InChI is InChI=1S/C12H20N2/c1-13-12-8-6-11(7-9-12)5-4-10-14(2)3/h6-9H,1,4-5,10,13H2,2-3H3. The van der Waals surface area contributed by atoms with Crippen LogP contribution in [0.4, 0.5) is 5.69 Å². The van der Waals surface area contributed by atoms with Crippen molar-refractivity contribution in [3.63, 3.8) is 0 Å². The highest BCUT2D eigenvalue weighted by molar-refractivity contribution is 5.31. The van der Waals surface area contributed by atoms with E-state index in [-0.39, 0.29) is 0 Å². The maximum Gasteiger partial charge on any atom is 0.103 e. The van der Waals surface area contributed by atoms with Gasteiger partial charge in [0.25, 0.3) is 0 Å². The van der Waals surface area contributed by atoms with E-state index in [1.807, 2.05) is 5.32 Å². The Kier molecular flexibility index (Phi) is 4.63. The average molecular weight is 192 g/mol. The molecule has 0 saturated heterocycles. The summed E-state index contributed by atoms with van der Waals surface area (Å²) in [5, 5.41) is 1.88. The highest BCUT2D eigenvalue weighted by Crippen LogP contribution is 2.06. The third kappa shape index (κ3) is 3.90. The topological polar surface area (TPSA) is 19.9 Å². The van der Waals surface area contributed by atoms with E-state index >= 15 is 0 Å². The van der Waals surface area contributed by atoms with E-state index in [4.69, 9.17) is 0 Å². The fourth-order valence-electron chi connectivity index (χ4n) is 1.42. The van der Waals surface area contributed by atoms with E-state index < -0.39 is 0 Å². The molecule has 78 valence electrons. The van der Waals surface area contributed by atoms with E-state index in [1.54, 1.807) is 0 Å². The van der Waals surface area contributed by atoms with Gasteiger partial charge in [-0.05, 0) is 51.2 Å². The minimum atomic E-state index is 1.16. The summed E-state index contributed by atoms with van der Waals surface area (Å²) in [5.41, 5.74) is 2.61. The van der Waals surface area contributed by atoms with E-state index in [1.165, 1.54) is 17.7 Å². The van der Waals surface area contributed by atoms with Crippen molar-refractivity contribution in [2.24, 2.45) is 0 Å². The minimum absolute atomic E-state index is 1.16. The van der Waals surface area contributed by atoms with Gasteiger partial charge in [-0.25, -0.2) is 0 Å². The van der Waals surface area contributed by atoms with E-state index in [9.17, 15) is 0 Å². The molecule has 0 aromatic heterocycles. The van der Waals surface area contributed by atoms with Crippen molar-refractivity contribution in [2.75, 3.05) is 20.6 Å². The molecule has 2 N–H and O–H groups in total. The number of nitrogens with zero attached hydrogens (tertiary/aromatic N) is 1. The second-order valence-corrected chi connectivity index (χ2v) is 3.85. The average Bonchev–Trinajstić information content (AvgIpc) is 2.18. The normalized spacial score (nSPS) is 10.9. The van der Waals surface area contributed by atoms with E-state index in [2.05, 4.69) is 50.3 Å². The molecule has 0 amide bonds. The largest absolute Gasteiger partial charge is 0.446 e. The lowest BCUT2D eigenvalue weighted by Crippen LogP contribution is -2.69. The van der Waals surface area contributed by atoms with Crippen LogP contribution >= 0.6 is 0 Å². The molecule has 1 rings (SSSR count). The molecule has 0 saturated carbocycles. The summed E-state index contributed by atoms with van der Waals surface area (Å²) in [5.74, 6) is 0. The Balaban J connectivity index is 2.36. The molecule has 0 bridgehead atoms. The molecule has 1 aromatic carbocycles. The fourth-order valence-corrected chi connectivity index (χ4v) is 1.42. The van der Waals surface area contributed by atoms with Gasteiger partial charge in [-0.3, -0.25) is 0 Å². The third-order valence-corrected chi connectivity index (χ3v) is 2.29. The maximum atomic E-state index is 3.74. The third-order valence-electron chi connectivity index (χ3n) is 2.29. The second-order valence-electron chi connectivity index (χ2n) is 3.85. The molecule has 0 atom stereocenters. The highest BCUT2D eigenvalue weighted by Gasteiger charge is 1.95. The zero-order chi connectivity index (χ0) is 10.4. The van der Waals surface area contributed by atoms with Gasteiger partial charge in [-0.1, -0.05) is 12.1 Å². The SMILES string of the molecule is [CH2-][NH2+]c1ccc(CCCN(C)C)cc1. The van der Waals surface area contributed by atoms with Crippen LogP contribution in [0.3, 0.4) is 0 Å². The van der Waals surface area contributed by atoms with Crippen molar-refractivity contribution in [2.45, 2.75) is 12.8 Å². The molecule has 0 aliphatic rings. The monoisotopic (exact) mass is 192 g/mol. The summed E-state index contributed by atoms with van der Waals surface area (Å²) in [4.78, 5) is 2.22. The molecule has 0 fully saturated rings. The number of aryl methyl sites for hydroxylation is 1. The first-order valence-corrected chi connectivity index (χ1v) is 5.08. The van der Waals surface area contributed by atoms with Gasteiger partial charge in [-0.15, -0.1) is 7.05 Å². The molecular weight excluding hydrogens is 172 g/mol. The molecule has 1 aromatic rings. The van der Waals surface area contributed by atoms with Crippen molar-refractivity contribution >= 4 is 5.69 Å². The summed E-state index contributed by atoms with van der Waals surface area (Å²) in [6, 6.07) is 8.62. The van der Waals surface area contributed by atoms with Crippen LogP contribution in [0.1, 0.15) is 12.0 Å². The Morgan fingerprint density at radius 3 is 2.36 bits per heavy atom. The summed E-state index contributed by atoms with van der Waals surface area (Å²) in [7, 11) is 7.96. The van der Waals surface area contributed by atoms with Crippen LogP contribution in [-0.2, 0) is 6.42 Å². The minimum Gasteiger partial charge on any atom is -0.446 e. The van der Waals surface area contributed by atoms with Gasteiger partial charge in [0.2, 0.25) is 0 Å². The highest BCUT2D eigenvalue weighted by atomic mass is 15.0. The smallest absolute Gasteiger partial charge is 0.103 e. The maximum absolute atomic E-state index is 3.74. The number of benzene rings is 1. The summed E-state index contributed by atoms with van der Waals surface area (Å²) >= 11 is 0. The molecule has 0 aliphatic heterocycles. The van der Waals surface area contributed by atoms with Crippen LogP contribution in [0.25, 0.3) is 0 Å². The molecule has 0 unspecified atom stereocenters. The fraction of sp³-hybridized carbons (Fsp3) is 0.417. The Bertz CT molecular complexity index is 252. The first-order valence-electron chi connectivity index (χ1n) is 5.08. The van der Waals surface area contributed by atoms with Crippen molar-refractivity contribution in [3.05, 3.63) is 36.9 Å². The number of hydrogen-bond acceptors (Lipinski definition) is 1. The molecule has 14 heavy (non-hydrogen) atoms. The predicted octanol–water partition coefficient (Wildman–Crippen LogP) is 1.17. The number of quaternary nitrogens is 1. The molecular formula is C12H20N2. The van der Waals surface area contributed by atoms with Crippen LogP contribution in [0.2, 0.25) is 0 Å². The predicted molar refractivity (Wildman–Crippen MR) is 60.3 cm³/mol. The Morgan fingerprint density at radius 2 is 1.86 bits per heavy atom.